The van der Waals surface area contributed by atoms with Gasteiger partial charge in [0.15, 0.2) is 0 Å². The Labute approximate surface area is 514 Å². The highest BCUT2D eigenvalue weighted by Gasteiger charge is 2.41. The van der Waals surface area contributed by atoms with Crippen molar-refractivity contribution >= 4 is 126 Å². The molecule has 0 aliphatic heterocycles. The third kappa shape index (κ3) is 7.11. The van der Waals surface area contributed by atoms with E-state index in [1.807, 2.05) is 0 Å². The summed E-state index contributed by atoms with van der Waals surface area (Å²) in [7, 11) is 0. The molecule has 4 heteroatoms. The van der Waals surface area contributed by atoms with E-state index in [-0.39, 0.29) is 5.41 Å². The van der Waals surface area contributed by atoms with E-state index in [9.17, 15) is 0 Å². The average Bonchev–Trinajstić information content (AvgIpc) is 1.54. The lowest BCUT2D eigenvalue weighted by atomic mass is 9.79. The number of nitrogens with zero attached hydrogens (tertiary/aromatic N) is 4. The smallest absolute Gasteiger partial charge is 0.0594 e. The van der Waals surface area contributed by atoms with Crippen LogP contribution in [0.15, 0.2) is 303 Å². The number of rotatable bonds is 7. The minimum Gasteiger partial charge on any atom is -0.311 e. The van der Waals surface area contributed by atoms with Gasteiger partial charge < -0.3 is 18.6 Å². The molecule has 15 aromatic carbocycles. The molecule has 0 unspecified atom stereocenters. The molecule has 0 fully saturated rings. The molecular formula is C85H56N4. The summed E-state index contributed by atoms with van der Waals surface area (Å²) < 4.78 is 7.40. The monoisotopic (exact) mass is 1130 g/mol. The second-order valence-corrected chi connectivity index (χ2v) is 24.7. The minimum atomic E-state index is -0.377. The van der Waals surface area contributed by atoms with Crippen LogP contribution in [-0.4, -0.2) is 13.7 Å². The predicted molar refractivity (Wildman–Crippen MR) is 377 cm³/mol. The molecule has 0 radical (unpaired) electrons. The largest absolute Gasteiger partial charge is 0.311 e. The number of aromatic nitrogens is 3. The summed E-state index contributed by atoms with van der Waals surface area (Å²) >= 11 is 0. The van der Waals surface area contributed by atoms with Gasteiger partial charge in [-0.3, -0.25) is 0 Å². The molecule has 89 heavy (non-hydrogen) atoms. The number of para-hydroxylation sites is 5. The van der Waals surface area contributed by atoms with Gasteiger partial charge >= 0.3 is 0 Å². The van der Waals surface area contributed by atoms with Crippen LogP contribution in [0.5, 0.6) is 0 Å². The Morgan fingerprint density at radius 3 is 1.16 bits per heavy atom. The Morgan fingerprint density at radius 1 is 0.270 bits per heavy atom. The minimum absolute atomic E-state index is 0.377. The highest BCUT2D eigenvalue weighted by atomic mass is 15.1. The van der Waals surface area contributed by atoms with Crippen molar-refractivity contribution in [3.8, 4) is 39.3 Å². The van der Waals surface area contributed by atoms with E-state index in [1.165, 1.54) is 136 Å². The van der Waals surface area contributed by atoms with Crippen LogP contribution < -0.4 is 4.90 Å². The highest BCUT2D eigenvalue weighted by Crippen LogP contribution is 2.58. The summed E-state index contributed by atoms with van der Waals surface area (Å²) in [6, 6.07) is 113. The van der Waals surface area contributed by atoms with Crippen LogP contribution in [-0.2, 0) is 5.41 Å². The van der Waals surface area contributed by atoms with Crippen LogP contribution >= 0.6 is 0 Å². The maximum absolute atomic E-state index is 2.60. The van der Waals surface area contributed by atoms with Crippen molar-refractivity contribution in [2.45, 2.75) is 19.3 Å². The summed E-state index contributed by atoms with van der Waals surface area (Å²) in [5.74, 6) is 0. The molecule has 0 saturated heterocycles. The van der Waals surface area contributed by atoms with Gasteiger partial charge in [-0.2, -0.15) is 0 Å². The number of hydrogen-bond acceptors (Lipinski definition) is 1. The van der Waals surface area contributed by atoms with Gasteiger partial charge in [-0.15, -0.1) is 0 Å². The molecule has 1 aliphatic carbocycles. The SMILES string of the molecule is CC1(C)c2cc3c4ccccc4c4ccccc4c3cc2-c2c1c1c(c3ccccc23)c2cc(-c3ccc(N(c4ccccc4)c4ccc(-n5c6ccccc6c6ccccc65)cc4)cc3)ccc2n1-c1ccc(-n2c3ccccc3c3ccccc32)cc1. The molecule has 3 heterocycles. The quantitative estimate of drug-likeness (QED) is 0.145. The van der Waals surface area contributed by atoms with Crippen LogP contribution in [0.3, 0.4) is 0 Å². The zero-order valence-corrected chi connectivity index (χ0v) is 49.2. The van der Waals surface area contributed by atoms with Crippen molar-refractivity contribution in [1.82, 2.24) is 13.7 Å². The van der Waals surface area contributed by atoms with Gasteiger partial charge in [0, 0.05) is 71.9 Å². The lowest BCUT2D eigenvalue weighted by Crippen LogP contribution is -2.17. The molecular weight excluding hydrogens is 1080 g/mol. The lowest BCUT2D eigenvalue weighted by molar-refractivity contribution is 0.665. The predicted octanol–water partition coefficient (Wildman–Crippen LogP) is 23.0. The van der Waals surface area contributed by atoms with E-state index in [4.69, 9.17) is 0 Å². The van der Waals surface area contributed by atoms with Crippen LogP contribution in [0.4, 0.5) is 17.1 Å². The Bertz CT molecular complexity index is 5870. The molecule has 0 saturated carbocycles. The second kappa shape index (κ2) is 18.8. The Balaban J connectivity index is 0.801. The Hall–Kier alpha value is -11.5. The summed E-state index contributed by atoms with van der Waals surface area (Å²) in [6.45, 7) is 4.94. The Kier molecular flexibility index (Phi) is 10.5. The van der Waals surface area contributed by atoms with E-state index >= 15 is 0 Å². The van der Waals surface area contributed by atoms with Crippen molar-refractivity contribution in [3.63, 3.8) is 0 Å². The fraction of sp³-hybridized carbons (Fsp3) is 0.0353. The van der Waals surface area contributed by atoms with Crippen LogP contribution in [0.1, 0.15) is 25.0 Å². The third-order valence-corrected chi connectivity index (χ3v) is 19.7. The topological polar surface area (TPSA) is 18.0 Å². The van der Waals surface area contributed by atoms with Gasteiger partial charge in [0.05, 0.1) is 33.1 Å². The van der Waals surface area contributed by atoms with E-state index in [0.717, 1.165) is 39.7 Å². The summed E-state index contributed by atoms with van der Waals surface area (Å²) in [4.78, 5) is 2.36. The molecule has 0 N–H and O–H groups in total. The first kappa shape index (κ1) is 49.8. The first-order valence-electron chi connectivity index (χ1n) is 31.0. The number of fused-ring (bicyclic) bond motifs is 22. The van der Waals surface area contributed by atoms with Crippen LogP contribution in [0.2, 0.25) is 0 Å². The van der Waals surface area contributed by atoms with Gasteiger partial charge in [0.2, 0.25) is 0 Å². The molecule has 0 atom stereocenters. The van der Waals surface area contributed by atoms with Crippen molar-refractivity contribution in [3.05, 3.63) is 314 Å². The molecule has 1 aliphatic rings. The standard InChI is InChI=1S/C85H56N4/c1-85(2)75-52-72-64-25-9-7-23-62(64)61-22-6-8-24-63(61)71(72)51-73(75)81-69-30-10-11-31-70(69)82-74-50-54(38-49-80(74)89(84(82)83(81)85)60-47-45-59(46-48-60)88-78-34-18-14-28-67(78)68-29-15-19-35-79(68)88)53-36-39-56(40-37-53)86(55-20-4-3-5-21-55)57-41-43-58(44-42-57)87-76-32-16-12-26-65(76)66-27-13-17-33-77(66)87/h3-52H,1-2H3. The van der Waals surface area contributed by atoms with E-state index in [2.05, 4.69) is 336 Å². The van der Waals surface area contributed by atoms with Crippen LogP contribution in [0.25, 0.3) is 148 Å². The molecule has 0 amide bonds. The number of benzene rings is 15. The average molecular weight is 1130 g/mol. The van der Waals surface area contributed by atoms with E-state index in [0.29, 0.717) is 0 Å². The van der Waals surface area contributed by atoms with Crippen LogP contribution in [0, 0.1) is 0 Å². The maximum atomic E-state index is 2.60. The van der Waals surface area contributed by atoms with E-state index < -0.39 is 0 Å². The van der Waals surface area contributed by atoms with Gasteiger partial charge in [-0.25, -0.2) is 0 Å². The first-order chi connectivity index (χ1) is 43.9. The van der Waals surface area contributed by atoms with Gasteiger partial charge in [-0.05, 0) is 198 Å². The molecule has 19 rings (SSSR count). The van der Waals surface area contributed by atoms with Crippen molar-refractivity contribution < 1.29 is 0 Å². The summed E-state index contributed by atoms with van der Waals surface area (Å²) in [5, 5.41) is 17.8. The number of anilines is 3. The third-order valence-electron chi connectivity index (χ3n) is 19.7. The first-order valence-corrected chi connectivity index (χ1v) is 31.0. The second-order valence-electron chi connectivity index (χ2n) is 24.7. The normalized spacial score (nSPS) is 12.9. The summed E-state index contributed by atoms with van der Waals surface area (Å²) in [6.07, 6.45) is 0. The fourth-order valence-corrected chi connectivity index (χ4v) is 15.8. The summed E-state index contributed by atoms with van der Waals surface area (Å²) in [5.41, 5.74) is 21.2. The molecule has 0 spiro atoms. The van der Waals surface area contributed by atoms with Crippen molar-refractivity contribution in [2.24, 2.45) is 0 Å². The molecule has 18 aromatic rings. The van der Waals surface area contributed by atoms with E-state index in [1.54, 1.807) is 0 Å². The molecule has 416 valence electrons. The van der Waals surface area contributed by atoms with Gasteiger partial charge in [0.25, 0.3) is 0 Å². The molecule has 0 bridgehead atoms. The molecule has 3 aromatic heterocycles. The zero-order valence-electron chi connectivity index (χ0n) is 49.2. The highest BCUT2D eigenvalue weighted by molar-refractivity contribution is 6.30. The lowest BCUT2D eigenvalue weighted by Gasteiger charge is -2.26. The fourth-order valence-electron chi connectivity index (χ4n) is 15.8. The number of hydrogen-bond donors (Lipinski definition) is 0. The van der Waals surface area contributed by atoms with Crippen molar-refractivity contribution in [1.29, 1.82) is 0 Å². The van der Waals surface area contributed by atoms with Crippen molar-refractivity contribution in [2.75, 3.05) is 4.90 Å². The maximum Gasteiger partial charge on any atom is 0.0594 e. The van der Waals surface area contributed by atoms with Gasteiger partial charge in [0.1, 0.15) is 0 Å². The van der Waals surface area contributed by atoms with Gasteiger partial charge in [-0.1, -0.05) is 196 Å². The Morgan fingerprint density at radius 2 is 0.640 bits per heavy atom. The molecule has 4 nitrogen and oxygen atoms in total. The zero-order chi connectivity index (χ0) is 58.6.